The Hall–Kier alpha value is 0.420. The van der Waals surface area contributed by atoms with E-state index in [1.165, 1.54) is 0 Å². The van der Waals surface area contributed by atoms with Crippen molar-refractivity contribution in [2.45, 2.75) is 0 Å². The Bertz CT molecular complexity index is 810. The smallest absolute Gasteiger partial charge is 0.148 e. The van der Waals surface area contributed by atoms with E-state index in [2.05, 4.69) is 0 Å². The van der Waals surface area contributed by atoms with Gasteiger partial charge in [-0.15, -0.1) is 0 Å². The summed E-state index contributed by atoms with van der Waals surface area (Å²) in [5.41, 5.74) is 0. The van der Waals surface area contributed by atoms with Crippen molar-refractivity contribution in [2.24, 2.45) is 0 Å². The van der Waals surface area contributed by atoms with Crippen molar-refractivity contribution >= 4 is 60.9 Å². The fourth-order valence-electron chi connectivity index (χ4n) is 2.30. The molecule has 0 aliphatic carbocycles. The summed E-state index contributed by atoms with van der Waals surface area (Å²) in [7, 11) is -9.49. The van der Waals surface area contributed by atoms with E-state index in [4.69, 9.17) is 0 Å². The Kier molecular flexibility index (Phi) is 14.9. The van der Waals surface area contributed by atoms with Gasteiger partial charge in [0, 0.05) is 75.8 Å². The van der Waals surface area contributed by atoms with Crippen molar-refractivity contribution in [3.05, 3.63) is 0 Å². The van der Waals surface area contributed by atoms with E-state index < -0.39 is 39.3 Å². The van der Waals surface area contributed by atoms with Gasteiger partial charge in [-0.3, -0.25) is 0 Å². The lowest BCUT2D eigenvalue weighted by Crippen LogP contribution is -2.35. The molecule has 0 atom stereocenters. The van der Waals surface area contributed by atoms with Crippen molar-refractivity contribution in [3.63, 3.8) is 0 Å². The van der Waals surface area contributed by atoms with Gasteiger partial charge in [-0.05, 0) is 0 Å². The third-order valence-corrected chi connectivity index (χ3v) is 10.2. The molecular formula is C16H36N2O8S6. The molecule has 16 heteroatoms. The molecule has 0 saturated carbocycles. The van der Waals surface area contributed by atoms with E-state index in [0.717, 1.165) is 25.0 Å². The van der Waals surface area contributed by atoms with Gasteiger partial charge in [0.2, 0.25) is 0 Å². The van der Waals surface area contributed by atoms with E-state index >= 15 is 0 Å². The Morgan fingerprint density at radius 2 is 0.656 bits per heavy atom. The molecule has 194 valence electrons. The maximum atomic E-state index is 11.4. The lowest BCUT2D eigenvalue weighted by Gasteiger charge is -2.22. The quantitative estimate of drug-likeness (QED) is 0.140. The number of hydrogen-bond acceptors (Lipinski definition) is 12. The Morgan fingerprint density at radius 1 is 0.438 bits per heavy atom. The highest BCUT2D eigenvalue weighted by Gasteiger charge is 2.14. The van der Waals surface area contributed by atoms with Crippen LogP contribution in [0.15, 0.2) is 0 Å². The molecular weight excluding hydrogens is 541 g/mol. The normalized spacial score (nSPS) is 13.8. The Balaban J connectivity index is 4.49. The summed E-state index contributed by atoms with van der Waals surface area (Å²) in [4.78, 5) is 3.64. The summed E-state index contributed by atoms with van der Waals surface area (Å²) >= 11 is 0. The summed E-state index contributed by atoms with van der Waals surface area (Å²) in [5.74, 6) is 1.17. The van der Waals surface area contributed by atoms with Gasteiger partial charge >= 0.3 is 0 Å². The van der Waals surface area contributed by atoms with Gasteiger partial charge in [-0.1, -0.05) is 21.6 Å². The average Bonchev–Trinajstić information content (AvgIpc) is 2.57. The number of sulfone groups is 4. The monoisotopic (exact) mass is 576 g/mol. The van der Waals surface area contributed by atoms with Crippen molar-refractivity contribution in [1.82, 2.24) is 9.80 Å². The molecule has 0 fully saturated rings. The van der Waals surface area contributed by atoms with Crippen LogP contribution in [-0.4, -0.2) is 142 Å². The molecule has 0 aliphatic rings. The molecule has 0 radical (unpaired) electrons. The largest absolute Gasteiger partial charge is 0.300 e. The minimum absolute atomic E-state index is 0.0375. The molecule has 0 aliphatic heterocycles. The highest BCUT2D eigenvalue weighted by Crippen LogP contribution is 2.21. The highest BCUT2D eigenvalue weighted by molar-refractivity contribution is 8.76. The first-order valence-corrected chi connectivity index (χ1v) is 20.5. The number of nitrogens with zero attached hydrogens (tertiary/aromatic N) is 2. The molecule has 0 heterocycles. The van der Waals surface area contributed by atoms with Crippen LogP contribution in [0.1, 0.15) is 0 Å². The van der Waals surface area contributed by atoms with Gasteiger partial charge in [0.15, 0.2) is 0 Å². The summed E-state index contributed by atoms with van der Waals surface area (Å²) in [6.45, 7) is 2.15. The summed E-state index contributed by atoms with van der Waals surface area (Å²) in [6.07, 6.45) is 4.58. The molecule has 0 bridgehead atoms. The summed E-state index contributed by atoms with van der Waals surface area (Å²) in [6, 6.07) is 0. The van der Waals surface area contributed by atoms with Gasteiger partial charge in [0.05, 0.1) is 23.0 Å². The molecule has 0 amide bonds. The number of rotatable bonds is 19. The highest BCUT2D eigenvalue weighted by atomic mass is 33.1. The second kappa shape index (κ2) is 14.7. The van der Waals surface area contributed by atoms with E-state index in [1.54, 1.807) is 21.6 Å². The van der Waals surface area contributed by atoms with Crippen LogP contribution in [0.5, 0.6) is 0 Å². The summed E-state index contributed by atoms with van der Waals surface area (Å²) in [5, 5.41) is 0. The first-order chi connectivity index (χ1) is 14.4. The van der Waals surface area contributed by atoms with Crippen molar-refractivity contribution < 1.29 is 33.7 Å². The van der Waals surface area contributed by atoms with Crippen LogP contribution < -0.4 is 0 Å². The van der Waals surface area contributed by atoms with Crippen molar-refractivity contribution in [2.75, 3.05) is 98.8 Å². The molecule has 0 aromatic rings. The van der Waals surface area contributed by atoms with Gasteiger partial charge < -0.3 is 9.80 Å². The van der Waals surface area contributed by atoms with Crippen LogP contribution in [-0.2, 0) is 39.3 Å². The second-order valence-electron chi connectivity index (χ2n) is 7.85. The zero-order valence-corrected chi connectivity index (χ0v) is 24.0. The molecule has 32 heavy (non-hydrogen) atoms. The second-order valence-corrected chi connectivity index (χ2v) is 19.6. The predicted octanol–water partition coefficient (Wildman–Crippen LogP) is -0.850. The van der Waals surface area contributed by atoms with Crippen molar-refractivity contribution in [1.29, 1.82) is 0 Å². The average molecular weight is 577 g/mol. The SMILES string of the molecule is CS(=O)(=O)CCN(CCSSCCN(CCS(C)(=O)=O)CCS(C)(=O)=O)CCS(C)(=O)=O. The molecule has 10 nitrogen and oxygen atoms in total. The molecule has 0 rings (SSSR count). The fraction of sp³-hybridized carbons (Fsp3) is 1.00. The summed E-state index contributed by atoms with van der Waals surface area (Å²) < 4.78 is 91.3. The van der Waals surface area contributed by atoms with Crippen molar-refractivity contribution in [3.8, 4) is 0 Å². The van der Waals surface area contributed by atoms with Crippen LogP contribution in [0, 0.1) is 0 Å². The van der Waals surface area contributed by atoms with Gasteiger partial charge in [0.25, 0.3) is 0 Å². The van der Waals surface area contributed by atoms with E-state index in [-0.39, 0.29) is 49.2 Å². The third-order valence-electron chi connectivity index (χ3n) is 4.18. The lowest BCUT2D eigenvalue weighted by molar-refractivity contribution is 0.325. The maximum absolute atomic E-state index is 11.4. The van der Waals surface area contributed by atoms with E-state index in [1.807, 2.05) is 9.80 Å². The maximum Gasteiger partial charge on any atom is 0.148 e. The standard InChI is InChI=1S/C16H36N2O8S6/c1-29(19,20)13-7-17(8-14-30(2,21)22)5-11-27-28-12-6-18(9-15-31(3,23)24)10-16-32(4,25)26/h5-16H2,1-4H3. The van der Waals surface area contributed by atoms with Crippen LogP contribution in [0.4, 0.5) is 0 Å². The zero-order valence-electron chi connectivity index (χ0n) is 19.1. The minimum Gasteiger partial charge on any atom is -0.300 e. The topological polar surface area (TPSA) is 143 Å². The van der Waals surface area contributed by atoms with Crippen LogP contribution in [0.3, 0.4) is 0 Å². The van der Waals surface area contributed by atoms with E-state index in [9.17, 15) is 33.7 Å². The Morgan fingerprint density at radius 3 is 0.844 bits per heavy atom. The fourth-order valence-corrected chi connectivity index (χ4v) is 6.72. The molecule has 0 aromatic heterocycles. The molecule has 0 unspecified atom stereocenters. The van der Waals surface area contributed by atoms with Gasteiger partial charge in [0.1, 0.15) is 39.3 Å². The predicted molar refractivity (Wildman–Crippen MR) is 137 cm³/mol. The van der Waals surface area contributed by atoms with Crippen LogP contribution >= 0.6 is 21.6 Å². The molecule has 0 aromatic carbocycles. The van der Waals surface area contributed by atoms with Gasteiger partial charge in [-0.2, -0.15) is 0 Å². The first-order valence-electron chi connectivity index (χ1n) is 9.76. The third kappa shape index (κ3) is 23.6. The minimum atomic E-state index is -3.15. The zero-order chi connectivity index (χ0) is 25.1. The number of hydrogen-bond donors (Lipinski definition) is 0. The van der Waals surface area contributed by atoms with Crippen LogP contribution in [0.25, 0.3) is 0 Å². The molecule has 0 spiro atoms. The Labute approximate surface area is 202 Å². The first kappa shape index (κ1) is 32.4. The molecule has 0 N–H and O–H groups in total. The lowest BCUT2D eigenvalue weighted by atomic mass is 10.5. The van der Waals surface area contributed by atoms with Gasteiger partial charge in [-0.25, -0.2) is 33.7 Å². The van der Waals surface area contributed by atoms with Crippen LogP contribution in [0.2, 0.25) is 0 Å². The molecule has 0 saturated heterocycles. The van der Waals surface area contributed by atoms with E-state index in [0.29, 0.717) is 24.6 Å².